The highest BCUT2D eigenvalue weighted by Crippen LogP contribution is 2.43. The Morgan fingerprint density at radius 1 is 1.17 bits per heavy atom. The molecule has 2 aliphatic heterocycles. The van der Waals surface area contributed by atoms with E-state index in [0.29, 0.717) is 17.3 Å². The molecule has 29 heavy (non-hydrogen) atoms. The number of aromatic nitrogens is 2. The number of ether oxygens (including phenoxy) is 1. The number of aromatic amines is 1. The Balaban J connectivity index is 1.61. The zero-order chi connectivity index (χ0) is 20.0. The van der Waals surface area contributed by atoms with Gasteiger partial charge in [-0.3, -0.25) is 9.89 Å². The van der Waals surface area contributed by atoms with Crippen LogP contribution in [0.3, 0.4) is 0 Å². The molecule has 2 unspecified atom stereocenters. The Morgan fingerprint density at radius 2 is 1.93 bits per heavy atom. The molecule has 3 heterocycles. The van der Waals surface area contributed by atoms with Crippen LogP contribution in [0.25, 0.3) is 11.3 Å². The summed E-state index contributed by atoms with van der Waals surface area (Å²) in [6.45, 7) is 1.26. The van der Waals surface area contributed by atoms with Crippen LogP contribution in [0.5, 0.6) is 5.75 Å². The average molecular weight is 410 g/mol. The van der Waals surface area contributed by atoms with E-state index in [4.69, 9.17) is 16.3 Å². The molecule has 0 spiro atoms. The van der Waals surface area contributed by atoms with Gasteiger partial charge in [-0.15, -0.1) is 0 Å². The SMILES string of the molecule is O=C1c2[nH]nc(-c3ccc(Cl)cc3)c2C(c2ccc(O)cc2)N1CC1CCCO1. The summed E-state index contributed by atoms with van der Waals surface area (Å²) >= 11 is 6.04. The molecular formula is C22H20ClN3O3. The quantitative estimate of drug-likeness (QED) is 0.678. The molecule has 1 aromatic heterocycles. The first kappa shape index (κ1) is 18.2. The standard InChI is InChI=1S/C22H20ClN3O3/c23-15-7-3-13(4-8-15)19-18-20(25-24-19)22(28)26(12-17-2-1-11-29-17)21(18)14-5-9-16(27)10-6-14/h3-10,17,21,27H,1-2,11-12H2,(H,24,25). The number of nitrogens with one attached hydrogen (secondary N) is 1. The summed E-state index contributed by atoms with van der Waals surface area (Å²) in [5.74, 6) is 0.107. The van der Waals surface area contributed by atoms with Crippen LogP contribution < -0.4 is 0 Å². The number of hydrogen-bond donors (Lipinski definition) is 2. The van der Waals surface area contributed by atoms with Crippen LogP contribution in [0.1, 0.15) is 40.5 Å². The highest BCUT2D eigenvalue weighted by Gasteiger charge is 2.43. The van der Waals surface area contributed by atoms with Crippen molar-refractivity contribution in [1.29, 1.82) is 0 Å². The van der Waals surface area contributed by atoms with Crippen LogP contribution in [-0.2, 0) is 4.74 Å². The van der Waals surface area contributed by atoms with Gasteiger partial charge in [-0.2, -0.15) is 5.10 Å². The number of halogens is 1. The van der Waals surface area contributed by atoms with Gasteiger partial charge in [0.2, 0.25) is 0 Å². The number of phenols is 1. The lowest BCUT2D eigenvalue weighted by Gasteiger charge is -2.28. The first-order valence-corrected chi connectivity index (χ1v) is 10.1. The maximum absolute atomic E-state index is 13.3. The molecule has 3 aromatic rings. The lowest BCUT2D eigenvalue weighted by molar-refractivity contribution is 0.0495. The van der Waals surface area contributed by atoms with E-state index in [2.05, 4.69) is 10.2 Å². The van der Waals surface area contributed by atoms with E-state index in [-0.39, 0.29) is 23.8 Å². The van der Waals surface area contributed by atoms with Gasteiger partial charge < -0.3 is 14.7 Å². The van der Waals surface area contributed by atoms with E-state index in [1.54, 1.807) is 12.1 Å². The molecule has 0 bridgehead atoms. The second-order valence-electron chi connectivity index (χ2n) is 7.45. The van der Waals surface area contributed by atoms with Crippen molar-refractivity contribution in [3.8, 4) is 17.0 Å². The normalized spacial score (nSPS) is 21.0. The average Bonchev–Trinajstić information content (AvgIpc) is 3.44. The molecule has 2 aromatic carbocycles. The maximum atomic E-state index is 13.3. The minimum absolute atomic E-state index is 0.0366. The molecule has 5 rings (SSSR count). The summed E-state index contributed by atoms with van der Waals surface area (Å²) in [4.78, 5) is 15.1. The van der Waals surface area contributed by atoms with Crippen molar-refractivity contribution in [2.24, 2.45) is 0 Å². The van der Waals surface area contributed by atoms with Gasteiger partial charge >= 0.3 is 0 Å². The molecule has 0 aliphatic carbocycles. The Morgan fingerprint density at radius 3 is 2.62 bits per heavy atom. The van der Waals surface area contributed by atoms with Gasteiger partial charge in [0.1, 0.15) is 11.4 Å². The van der Waals surface area contributed by atoms with Crippen molar-refractivity contribution in [2.75, 3.05) is 13.2 Å². The number of phenolic OH excluding ortho intramolecular Hbond substituents is 1. The Hall–Kier alpha value is -2.83. The molecule has 2 aliphatic rings. The summed E-state index contributed by atoms with van der Waals surface area (Å²) in [5, 5.41) is 17.8. The van der Waals surface area contributed by atoms with E-state index in [1.807, 2.05) is 41.3 Å². The van der Waals surface area contributed by atoms with Crippen molar-refractivity contribution in [3.05, 3.63) is 70.4 Å². The highest BCUT2D eigenvalue weighted by atomic mass is 35.5. The van der Waals surface area contributed by atoms with Gasteiger partial charge in [0.25, 0.3) is 5.91 Å². The summed E-state index contributed by atoms with van der Waals surface area (Å²) in [5.41, 5.74) is 3.90. The number of fused-ring (bicyclic) bond motifs is 1. The number of benzene rings is 2. The molecule has 1 saturated heterocycles. The number of carbonyl (C=O) groups excluding carboxylic acids is 1. The Labute approximate surface area is 173 Å². The predicted molar refractivity (Wildman–Crippen MR) is 109 cm³/mol. The number of aromatic hydroxyl groups is 1. The van der Waals surface area contributed by atoms with Gasteiger partial charge in [-0.25, -0.2) is 0 Å². The summed E-state index contributed by atoms with van der Waals surface area (Å²) in [7, 11) is 0. The van der Waals surface area contributed by atoms with Gasteiger partial charge in [0.05, 0.1) is 17.8 Å². The third kappa shape index (κ3) is 3.18. The fraction of sp³-hybridized carbons (Fsp3) is 0.273. The van der Waals surface area contributed by atoms with Gasteiger partial charge in [0.15, 0.2) is 0 Å². The molecule has 6 nitrogen and oxygen atoms in total. The lowest BCUT2D eigenvalue weighted by atomic mass is 9.96. The number of amides is 1. The van der Waals surface area contributed by atoms with E-state index in [1.165, 1.54) is 0 Å². The second kappa shape index (κ2) is 7.21. The Bertz CT molecular complexity index is 1040. The summed E-state index contributed by atoms with van der Waals surface area (Å²) < 4.78 is 5.80. The van der Waals surface area contributed by atoms with E-state index in [9.17, 15) is 9.90 Å². The molecular weight excluding hydrogens is 390 g/mol. The number of hydrogen-bond acceptors (Lipinski definition) is 4. The van der Waals surface area contributed by atoms with Crippen LogP contribution in [-0.4, -0.2) is 45.4 Å². The van der Waals surface area contributed by atoms with Crippen LogP contribution in [0.2, 0.25) is 5.02 Å². The minimum Gasteiger partial charge on any atom is -0.508 e. The van der Waals surface area contributed by atoms with Gasteiger partial charge in [0, 0.05) is 29.3 Å². The third-order valence-corrected chi connectivity index (χ3v) is 5.87. The molecule has 0 radical (unpaired) electrons. The van der Waals surface area contributed by atoms with Gasteiger partial charge in [-0.1, -0.05) is 35.9 Å². The summed E-state index contributed by atoms with van der Waals surface area (Å²) in [6, 6.07) is 14.1. The third-order valence-electron chi connectivity index (χ3n) is 5.61. The van der Waals surface area contributed by atoms with Crippen molar-refractivity contribution < 1.29 is 14.6 Å². The lowest BCUT2D eigenvalue weighted by Crippen LogP contribution is -2.36. The fourth-order valence-electron chi connectivity index (χ4n) is 4.22. The predicted octanol–water partition coefficient (Wildman–Crippen LogP) is 4.16. The number of nitrogens with zero attached hydrogens (tertiary/aromatic N) is 2. The molecule has 1 fully saturated rings. The van der Waals surface area contributed by atoms with E-state index >= 15 is 0 Å². The fourth-order valence-corrected chi connectivity index (χ4v) is 4.35. The number of H-pyrrole nitrogens is 1. The molecule has 2 N–H and O–H groups in total. The number of carbonyl (C=O) groups is 1. The molecule has 148 valence electrons. The van der Waals surface area contributed by atoms with Crippen LogP contribution >= 0.6 is 11.6 Å². The first-order chi connectivity index (χ1) is 14.1. The van der Waals surface area contributed by atoms with Crippen LogP contribution in [0.15, 0.2) is 48.5 Å². The first-order valence-electron chi connectivity index (χ1n) is 9.67. The monoisotopic (exact) mass is 409 g/mol. The zero-order valence-electron chi connectivity index (χ0n) is 15.6. The minimum atomic E-state index is -0.299. The topological polar surface area (TPSA) is 78.5 Å². The Kier molecular flexibility index (Phi) is 4.53. The molecule has 0 saturated carbocycles. The van der Waals surface area contributed by atoms with Crippen molar-refractivity contribution in [3.63, 3.8) is 0 Å². The van der Waals surface area contributed by atoms with Gasteiger partial charge in [-0.05, 0) is 42.7 Å². The van der Waals surface area contributed by atoms with Crippen molar-refractivity contribution >= 4 is 17.5 Å². The van der Waals surface area contributed by atoms with Crippen molar-refractivity contribution in [2.45, 2.75) is 25.0 Å². The zero-order valence-corrected chi connectivity index (χ0v) is 16.4. The van der Waals surface area contributed by atoms with E-state index < -0.39 is 0 Å². The maximum Gasteiger partial charge on any atom is 0.273 e. The van der Waals surface area contributed by atoms with Crippen molar-refractivity contribution in [1.82, 2.24) is 15.1 Å². The van der Waals surface area contributed by atoms with Crippen LogP contribution in [0.4, 0.5) is 0 Å². The second-order valence-corrected chi connectivity index (χ2v) is 7.89. The number of rotatable bonds is 4. The summed E-state index contributed by atoms with van der Waals surface area (Å²) in [6.07, 6.45) is 2.00. The molecule has 2 atom stereocenters. The largest absolute Gasteiger partial charge is 0.508 e. The smallest absolute Gasteiger partial charge is 0.273 e. The van der Waals surface area contributed by atoms with Crippen LogP contribution in [0, 0.1) is 0 Å². The molecule has 7 heteroatoms. The molecule has 1 amide bonds. The highest BCUT2D eigenvalue weighted by molar-refractivity contribution is 6.30. The van der Waals surface area contributed by atoms with E-state index in [0.717, 1.165) is 41.8 Å².